The normalized spacial score (nSPS) is 37.2. The van der Waals surface area contributed by atoms with Gasteiger partial charge < -0.3 is 0 Å². The van der Waals surface area contributed by atoms with Crippen molar-refractivity contribution in [2.75, 3.05) is 0 Å². The molecule has 0 bridgehead atoms. The van der Waals surface area contributed by atoms with Gasteiger partial charge in [-0.3, -0.25) is 0 Å². The summed E-state index contributed by atoms with van der Waals surface area (Å²) < 4.78 is 0. The third-order valence-electron chi connectivity index (χ3n) is 5.56. The fraction of sp³-hybridized carbons (Fsp3) is 0.800. The molecule has 110 valence electrons. The van der Waals surface area contributed by atoms with Gasteiger partial charge in [0.25, 0.3) is 0 Å². The third kappa shape index (κ3) is 4.59. The van der Waals surface area contributed by atoms with Crippen LogP contribution in [0, 0.1) is 46.9 Å². The van der Waals surface area contributed by atoms with Crippen LogP contribution in [0.5, 0.6) is 0 Å². The van der Waals surface area contributed by atoms with E-state index in [1.54, 1.807) is 0 Å². The first-order chi connectivity index (χ1) is 9.61. The maximum absolute atomic E-state index is 3.41. The van der Waals surface area contributed by atoms with Crippen molar-refractivity contribution in [3.05, 3.63) is 0 Å². The highest BCUT2D eigenvalue weighted by atomic mass is 14.4. The molecule has 0 nitrogen and oxygen atoms in total. The van der Waals surface area contributed by atoms with E-state index in [-0.39, 0.29) is 5.41 Å². The molecule has 2 rings (SSSR count). The van der Waals surface area contributed by atoms with Gasteiger partial charge in [0.05, 0.1) is 0 Å². The van der Waals surface area contributed by atoms with Gasteiger partial charge in [0.15, 0.2) is 0 Å². The average Bonchev–Trinajstić information content (AvgIpc) is 2.44. The minimum absolute atomic E-state index is 0.238. The SMILES string of the molecule is CC#CC#CC1(C)CCC(CC2CCC(C)CC2)CC1. The first-order valence-corrected chi connectivity index (χ1v) is 8.55. The maximum Gasteiger partial charge on any atom is 0.0297 e. The van der Waals surface area contributed by atoms with Crippen molar-refractivity contribution < 1.29 is 0 Å². The van der Waals surface area contributed by atoms with Crippen molar-refractivity contribution >= 4 is 0 Å². The van der Waals surface area contributed by atoms with Gasteiger partial charge in [-0.1, -0.05) is 44.4 Å². The molecule has 2 aliphatic carbocycles. The van der Waals surface area contributed by atoms with Crippen molar-refractivity contribution in [1.82, 2.24) is 0 Å². The highest BCUT2D eigenvalue weighted by molar-refractivity contribution is 5.28. The van der Waals surface area contributed by atoms with Crippen LogP contribution in [-0.4, -0.2) is 0 Å². The summed E-state index contributed by atoms with van der Waals surface area (Å²) in [5.41, 5.74) is 0.238. The minimum Gasteiger partial charge on any atom is -0.0925 e. The fourth-order valence-corrected chi connectivity index (χ4v) is 3.96. The summed E-state index contributed by atoms with van der Waals surface area (Å²) in [4.78, 5) is 0. The third-order valence-corrected chi connectivity index (χ3v) is 5.56. The lowest BCUT2D eigenvalue weighted by atomic mass is 9.68. The molecule has 0 atom stereocenters. The van der Waals surface area contributed by atoms with Crippen LogP contribution < -0.4 is 0 Å². The summed E-state index contributed by atoms with van der Waals surface area (Å²) in [6.45, 7) is 6.61. The molecule has 2 fully saturated rings. The molecule has 0 saturated heterocycles. The summed E-state index contributed by atoms with van der Waals surface area (Å²) in [6, 6.07) is 0. The predicted molar refractivity (Wildman–Crippen MR) is 87.0 cm³/mol. The fourth-order valence-electron chi connectivity index (χ4n) is 3.96. The van der Waals surface area contributed by atoms with Crippen LogP contribution in [0.25, 0.3) is 0 Å². The predicted octanol–water partition coefficient (Wildman–Crippen LogP) is 5.43. The molecular weight excluding hydrogens is 240 g/mol. The van der Waals surface area contributed by atoms with Gasteiger partial charge in [0.1, 0.15) is 0 Å². The molecule has 0 amide bonds. The van der Waals surface area contributed by atoms with Gasteiger partial charge in [-0.2, -0.15) is 0 Å². The van der Waals surface area contributed by atoms with Gasteiger partial charge in [-0.05, 0) is 75.5 Å². The summed E-state index contributed by atoms with van der Waals surface area (Å²) in [5, 5.41) is 0. The molecule has 0 aromatic carbocycles. The van der Waals surface area contributed by atoms with E-state index in [1.807, 2.05) is 6.92 Å². The Morgan fingerprint density at radius 1 is 0.900 bits per heavy atom. The zero-order valence-corrected chi connectivity index (χ0v) is 13.6. The molecule has 0 unspecified atom stereocenters. The Morgan fingerprint density at radius 3 is 2.10 bits per heavy atom. The molecule has 2 aliphatic rings. The maximum atomic E-state index is 3.41. The average molecular weight is 270 g/mol. The zero-order chi connectivity index (χ0) is 14.4. The van der Waals surface area contributed by atoms with Gasteiger partial charge >= 0.3 is 0 Å². The molecule has 0 radical (unpaired) electrons. The molecule has 0 aromatic heterocycles. The second kappa shape index (κ2) is 7.22. The van der Waals surface area contributed by atoms with Gasteiger partial charge in [-0.15, -0.1) is 0 Å². The Balaban J connectivity index is 1.76. The summed E-state index contributed by atoms with van der Waals surface area (Å²) in [5.74, 6) is 15.2. The highest BCUT2D eigenvalue weighted by Gasteiger charge is 2.31. The smallest absolute Gasteiger partial charge is 0.0297 e. The molecule has 0 N–H and O–H groups in total. The number of hydrogen-bond acceptors (Lipinski definition) is 0. The zero-order valence-electron chi connectivity index (χ0n) is 13.6. The van der Waals surface area contributed by atoms with Crippen LogP contribution in [0.4, 0.5) is 0 Å². The number of hydrogen-bond donors (Lipinski definition) is 0. The summed E-state index contributed by atoms with van der Waals surface area (Å²) >= 11 is 0. The van der Waals surface area contributed by atoms with E-state index in [0.717, 1.165) is 17.8 Å². The second-order valence-corrected chi connectivity index (χ2v) is 7.49. The molecule has 0 aliphatic heterocycles. The second-order valence-electron chi connectivity index (χ2n) is 7.49. The number of rotatable bonds is 2. The van der Waals surface area contributed by atoms with Gasteiger partial charge in [-0.25, -0.2) is 0 Å². The van der Waals surface area contributed by atoms with Crippen molar-refractivity contribution in [3.63, 3.8) is 0 Å². The first kappa shape index (κ1) is 15.5. The van der Waals surface area contributed by atoms with Crippen molar-refractivity contribution in [2.45, 2.75) is 78.6 Å². The minimum atomic E-state index is 0.238. The van der Waals surface area contributed by atoms with Crippen molar-refractivity contribution in [1.29, 1.82) is 0 Å². The van der Waals surface area contributed by atoms with E-state index in [2.05, 4.69) is 37.5 Å². The topological polar surface area (TPSA) is 0 Å². The molecule has 20 heavy (non-hydrogen) atoms. The van der Waals surface area contributed by atoms with Crippen molar-refractivity contribution in [3.8, 4) is 23.7 Å². The highest BCUT2D eigenvalue weighted by Crippen LogP contribution is 2.42. The Labute approximate surface area is 126 Å². The first-order valence-electron chi connectivity index (χ1n) is 8.55. The van der Waals surface area contributed by atoms with Crippen molar-refractivity contribution in [2.24, 2.45) is 23.2 Å². The Hall–Kier alpha value is -0.880. The standard InChI is InChI=1S/C20H30/c1-4-5-6-13-20(3)14-11-19(12-15-20)16-18-9-7-17(2)8-10-18/h17-19H,7-12,14-16H2,1-3H3. The Kier molecular flexibility index (Phi) is 5.60. The van der Waals surface area contributed by atoms with E-state index in [4.69, 9.17) is 0 Å². The van der Waals surface area contributed by atoms with E-state index in [0.29, 0.717) is 0 Å². The molecule has 2 saturated carbocycles. The van der Waals surface area contributed by atoms with Crippen LogP contribution in [0.15, 0.2) is 0 Å². The molecule has 0 aromatic rings. The van der Waals surface area contributed by atoms with E-state index < -0.39 is 0 Å². The quantitative estimate of drug-likeness (QED) is 0.587. The monoisotopic (exact) mass is 270 g/mol. The lowest BCUT2D eigenvalue weighted by molar-refractivity contribution is 0.177. The van der Waals surface area contributed by atoms with Crippen LogP contribution in [-0.2, 0) is 0 Å². The van der Waals surface area contributed by atoms with E-state index in [9.17, 15) is 0 Å². The van der Waals surface area contributed by atoms with Crippen LogP contribution in [0.2, 0.25) is 0 Å². The molecule has 0 heteroatoms. The lowest BCUT2D eigenvalue weighted by Crippen LogP contribution is -2.25. The Bertz CT molecular complexity index is 406. The van der Waals surface area contributed by atoms with E-state index in [1.165, 1.54) is 57.8 Å². The van der Waals surface area contributed by atoms with E-state index >= 15 is 0 Å². The molecule has 0 spiro atoms. The van der Waals surface area contributed by atoms with Crippen LogP contribution >= 0.6 is 0 Å². The van der Waals surface area contributed by atoms with Gasteiger partial charge in [0.2, 0.25) is 0 Å². The summed E-state index contributed by atoms with van der Waals surface area (Å²) in [7, 11) is 0. The molecule has 0 heterocycles. The summed E-state index contributed by atoms with van der Waals surface area (Å²) in [6.07, 6.45) is 12.7. The van der Waals surface area contributed by atoms with Crippen LogP contribution in [0.1, 0.15) is 78.6 Å². The van der Waals surface area contributed by atoms with Gasteiger partial charge in [0, 0.05) is 5.41 Å². The molecular formula is C20H30. The lowest BCUT2D eigenvalue weighted by Gasteiger charge is -2.36. The van der Waals surface area contributed by atoms with Crippen LogP contribution in [0.3, 0.4) is 0 Å². The Morgan fingerprint density at radius 2 is 1.50 bits per heavy atom. The largest absolute Gasteiger partial charge is 0.0925 e.